The molecule has 0 saturated heterocycles. The lowest BCUT2D eigenvalue weighted by molar-refractivity contribution is 0.0992. The number of ether oxygens (including phenoxy) is 1. The molecule has 0 fully saturated rings. The van der Waals surface area contributed by atoms with Crippen LogP contribution in [0, 0.1) is 0 Å². The van der Waals surface area contributed by atoms with Crippen LogP contribution in [0.4, 0.5) is 5.82 Å². The summed E-state index contributed by atoms with van der Waals surface area (Å²) in [7, 11) is 0. The van der Waals surface area contributed by atoms with Crippen LogP contribution in [0.3, 0.4) is 0 Å². The SMILES string of the molecule is CCc1ccc(OCc2ccc(C(=O)Nc3nn(Cc4ccccc4Cl)cc3Cl)o2)cc1. The van der Waals surface area contributed by atoms with E-state index < -0.39 is 5.91 Å². The van der Waals surface area contributed by atoms with Crippen molar-refractivity contribution in [3.63, 3.8) is 0 Å². The van der Waals surface area contributed by atoms with Gasteiger partial charge in [0.2, 0.25) is 0 Å². The fourth-order valence-electron chi connectivity index (χ4n) is 3.09. The van der Waals surface area contributed by atoms with Gasteiger partial charge in [-0.25, -0.2) is 0 Å². The Morgan fingerprint density at radius 1 is 1.06 bits per heavy atom. The number of benzene rings is 2. The van der Waals surface area contributed by atoms with Gasteiger partial charge in [-0.3, -0.25) is 9.48 Å². The first-order valence-electron chi connectivity index (χ1n) is 10.1. The Morgan fingerprint density at radius 2 is 1.84 bits per heavy atom. The molecular formula is C24H21Cl2N3O3. The zero-order valence-corrected chi connectivity index (χ0v) is 18.9. The molecule has 4 rings (SSSR count). The maximum absolute atomic E-state index is 12.6. The van der Waals surface area contributed by atoms with Crippen LogP contribution < -0.4 is 10.1 Å². The van der Waals surface area contributed by atoms with Crippen molar-refractivity contribution < 1.29 is 13.9 Å². The van der Waals surface area contributed by atoms with Crippen molar-refractivity contribution in [3.8, 4) is 5.75 Å². The number of aromatic nitrogens is 2. The highest BCUT2D eigenvalue weighted by molar-refractivity contribution is 6.33. The molecule has 1 amide bonds. The van der Waals surface area contributed by atoms with Gasteiger partial charge in [-0.15, -0.1) is 0 Å². The van der Waals surface area contributed by atoms with Gasteiger partial charge in [0.05, 0.1) is 6.54 Å². The number of amides is 1. The lowest BCUT2D eigenvalue weighted by Gasteiger charge is -2.05. The number of aryl methyl sites for hydroxylation is 1. The number of rotatable bonds is 8. The number of hydrogen-bond donors (Lipinski definition) is 1. The van der Waals surface area contributed by atoms with Gasteiger partial charge in [0, 0.05) is 11.2 Å². The summed E-state index contributed by atoms with van der Waals surface area (Å²) in [6.45, 7) is 2.74. The monoisotopic (exact) mass is 469 g/mol. The summed E-state index contributed by atoms with van der Waals surface area (Å²) in [5, 5.41) is 7.96. The average Bonchev–Trinajstić information content (AvgIpc) is 3.41. The lowest BCUT2D eigenvalue weighted by Crippen LogP contribution is -2.12. The molecule has 2 aromatic heterocycles. The fraction of sp³-hybridized carbons (Fsp3) is 0.167. The predicted octanol–water partition coefficient (Wildman–Crippen LogP) is 6.22. The maximum atomic E-state index is 12.6. The molecule has 0 radical (unpaired) electrons. The molecule has 0 aliphatic rings. The second kappa shape index (κ2) is 9.94. The van der Waals surface area contributed by atoms with E-state index in [4.69, 9.17) is 32.4 Å². The topological polar surface area (TPSA) is 69.3 Å². The molecule has 0 aliphatic heterocycles. The summed E-state index contributed by atoms with van der Waals surface area (Å²) in [6.07, 6.45) is 2.60. The van der Waals surface area contributed by atoms with Crippen LogP contribution in [-0.4, -0.2) is 15.7 Å². The Bertz CT molecular complexity index is 1220. The molecule has 6 nitrogen and oxygen atoms in total. The van der Waals surface area contributed by atoms with Gasteiger partial charge >= 0.3 is 0 Å². The quantitative estimate of drug-likeness (QED) is 0.332. The van der Waals surface area contributed by atoms with Crippen LogP contribution in [0.2, 0.25) is 10.0 Å². The molecular weight excluding hydrogens is 449 g/mol. The van der Waals surface area contributed by atoms with E-state index in [2.05, 4.69) is 17.3 Å². The normalized spacial score (nSPS) is 10.8. The standard InChI is InChI=1S/C24H21Cl2N3O3/c1-2-16-7-9-18(10-8-16)31-15-19-11-12-22(32-19)24(30)27-23-21(26)14-29(28-23)13-17-5-3-4-6-20(17)25/h3-12,14H,2,13,15H2,1H3,(H,27,28,30). The third-order valence-corrected chi connectivity index (χ3v) is 5.48. The predicted molar refractivity (Wildman–Crippen MR) is 125 cm³/mol. The summed E-state index contributed by atoms with van der Waals surface area (Å²) in [6, 6.07) is 18.6. The van der Waals surface area contributed by atoms with Gasteiger partial charge in [0.15, 0.2) is 11.6 Å². The summed E-state index contributed by atoms with van der Waals surface area (Å²) in [5.41, 5.74) is 2.13. The molecule has 0 bridgehead atoms. The third kappa shape index (κ3) is 5.33. The lowest BCUT2D eigenvalue weighted by atomic mass is 10.2. The van der Waals surface area contributed by atoms with Crippen molar-refractivity contribution in [1.82, 2.24) is 9.78 Å². The number of carbonyl (C=O) groups excluding carboxylic acids is 1. The first-order valence-corrected chi connectivity index (χ1v) is 10.9. The zero-order valence-electron chi connectivity index (χ0n) is 17.3. The molecule has 2 heterocycles. The second-order valence-electron chi connectivity index (χ2n) is 7.12. The molecule has 0 aliphatic carbocycles. The minimum absolute atomic E-state index is 0.140. The first-order chi connectivity index (χ1) is 15.5. The van der Waals surface area contributed by atoms with E-state index in [0.717, 1.165) is 17.7 Å². The van der Waals surface area contributed by atoms with E-state index in [1.54, 1.807) is 23.0 Å². The van der Waals surface area contributed by atoms with E-state index in [1.807, 2.05) is 48.5 Å². The van der Waals surface area contributed by atoms with Crippen LogP contribution in [0.25, 0.3) is 0 Å². The van der Waals surface area contributed by atoms with Gasteiger partial charge in [-0.05, 0) is 47.9 Å². The Balaban J connectivity index is 1.36. The highest BCUT2D eigenvalue weighted by Crippen LogP contribution is 2.23. The zero-order chi connectivity index (χ0) is 22.5. The van der Waals surface area contributed by atoms with E-state index in [9.17, 15) is 4.79 Å². The fourth-order valence-corrected chi connectivity index (χ4v) is 3.48. The van der Waals surface area contributed by atoms with E-state index >= 15 is 0 Å². The van der Waals surface area contributed by atoms with Gasteiger partial charge in [-0.1, -0.05) is 60.5 Å². The molecule has 2 aromatic carbocycles. The van der Waals surface area contributed by atoms with Crippen LogP contribution in [-0.2, 0) is 19.6 Å². The van der Waals surface area contributed by atoms with Gasteiger partial charge in [-0.2, -0.15) is 5.10 Å². The Morgan fingerprint density at radius 3 is 2.59 bits per heavy atom. The number of carbonyl (C=O) groups is 1. The maximum Gasteiger partial charge on any atom is 0.292 e. The number of nitrogens with one attached hydrogen (secondary N) is 1. The molecule has 4 aromatic rings. The first kappa shape index (κ1) is 22.0. The van der Waals surface area contributed by atoms with Gasteiger partial charge < -0.3 is 14.5 Å². The van der Waals surface area contributed by atoms with Crippen molar-refractivity contribution in [2.24, 2.45) is 0 Å². The molecule has 164 valence electrons. The van der Waals surface area contributed by atoms with E-state index in [1.165, 1.54) is 5.56 Å². The highest BCUT2D eigenvalue weighted by Gasteiger charge is 2.16. The summed E-state index contributed by atoms with van der Waals surface area (Å²) in [5.74, 6) is 1.20. The van der Waals surface area contributed by atoms with Crippen molar-refractivity contribution in [2.45, 2.75) is 26.5 Å². The molecule has 0 spiro atoms. The Kier molecular flexibility index (Phi) is 6.83. The third-order valence-electron chi connectivity index (χ3n) is 4.84. The Labute approximate surface area is 195 Å². The highest BCUT2D eigenvalue weighted by atomic mass is 35.5. The molecule has 8 heteroatoms. The van der Waals surface area contributed by atoms with Crippen molar-refractivity contribution in [1.29, 1.82) is 0 Å². The van der Waals surface area contributed by atoms with Crippen LogP contribution in [0.1, 0.15) is 34.4 Å². The van der Waals surface area contributed by atoms with Crippen LogP contribution in [0.5, 0.6) is 5.75 Å². The minimum Gasteiger partial charge on any atom is -0.486 e. The smallest absolute Gasteiger partial charge is 0.292 e. The number of furan rings is 1. The van der Waals surface area contributed by atoms with Gasteiger partial charge in [0.1, 0.15) is 23.1 Å². The summed E-state index contributed by atoms with van der Waals surface area (Å²) in [4.78, 5) is 12.6. The van der Waals surface area contributed by atoms with Crippen LogP contribution >= 0.6 is 23.2 Å². The largest absolute Gasteiger partial charge is 0.486 e. The minimum atomic E-state index is -0.451. The summed E-state index contributed by atoms with van der Waals surface area (Å²) >= 11 is 12.4. The number of nitrogens with zero attached hydrogens (tertiary/aromatic N) is 2. The molecule has 32 heavy (non-hydrogen) atoms. The summed E-state index contributed by atoms with van der Waals surface area (Å²) < 4.78 is 12.9. The molecule has 0 unspecified atom stereocenters. The average molecular weight is 470 g/mol. The molecule has 0 saturated carbocycles. The second-order valence-corrected chi connectivity index (χ2v) is 7.94. The number of halogens is 2. The van der Waals surface area contributed by atoms with E-state index in [0.29, 0.717) is 22.4 Å². The van der Waals surface area contributed by atoms with E-state index in [-0.39, 0.29) is 18.2 Å². The van der Waals surface area contributed by atoms with Crippen molar-refractivity contribution in [3.05, 3.63) is 99.6 Å². The molecule has 1 N–H and O–H groups in total. The number of hydrogen-bond acceptors (Lipinski definition) is 4. The Hall–Kier alpha value is -3.22. The number of anilines is 1. The van der Waals surface area contributed by atoms with Crippen molar-refractivity contribution in [2.75, 3.05) is 5.32 Å². The molecule has 0 atom stereocenters. The van der Waals surface area contributed by atoms with Crippen molar-refractivity contribution >= 4 is 34.9 Å². The van der Waals surface area contributed by atoms with Gasteiger partial charge in [0.25, 0.3) is 5.91 Å². The van der Waals surface area contributed by atoms with Crippen LogP contribution in [0.15, 0.2) is 71.3 Å².